The Balaban J connectivity index is 2.08. The topological polar surface area (TPSA) is 47.6 Å². The fourth-order valence-electron chi connectivity index (χ4n) is 2.33. The van der Waals surface area contributed by atoms with Crippen LogP contribution in [0.1, 0.15) is 22.8 Å². The van der Waals surface area contributed by atoms with Crippen LogP contribution in [0.15, 0.2) is 42.5 Å². The van der Waals surface area contributed by atoms with E-state index in [1.54, 1.807) is 43.5 Å². The maximum Gasteiger partial charge on any atom is 0.255 e. The molecule has 5 heteroatoms. The van der Waals surface area contributed by atoms with E-state index < -0.39 is 0 Å². The first kappa shape index (κ1) is 16.8. The molecule has 0 aliphatic carbocycles. The van der Waals surface area contributed by atoms with Gasteiger partial charge in [-0.1, -0.05) is 18.2 Å². The third-order valence-electron chi connectivity index (χ3n) is 3.51. The Labute approximate surface area is 135 Å². The Hall–Kier alpha value is -2.56. The minimum Gasteiger partial charge on any atom is -0.497 e. The standard InChI is InChI=1S/C18H20FNO3/c1-12(10-13-6-4-5-7-16(13)19)20-18(21)15-9-8-14(22-2)11-17(15)23-3/h4-9,11-12H,10H2,1-3H3,(H,20,21)/t12-/m0/s1. The molecule has 2 aromatic rings. The number of hydrogen-bond donors (Lipinski definition) is 1. The van der Waals surface area contributed by atoms with E-state index in [4.69, 9.17) is 9.47 Å². The van der Waals surface area contributed by atoms with Crippen molar-refractivity contribution >= 4 is 5.91 Å². The third-order valence-corrected chi connectivity index (χ3v) is 3.51. The van der Waals surface area contributed by atoms with E-state index >= 15 is 0 Å². The van der Waals surface area contributed by atoms with E-state index in [0.717, 1.165) is 0 Å². The van der Waals surface area contributed by atoms with Crippen LogP contribution in [0.4, 0.5) is 4.39 Å². The molecule has 0 unspecified atom stereocenters. The van der Waals surface area contributed by atoms with Crippen molar-refractivity contribution in [1.29, 1.82) is 0 Å². The number of nitrogens with one attached hydrogen (secondary N) is 1. The molecule has 0 saturated heterocycles. The van der Waals surface area contributed by atoms with Crippen LogP contribution >= 0.6 is 0 Å². The number of ether oxygens (including phenoxy) is 2. The largest absolute Gasteiger partial charge is 0.497 e. The maximum absolute atomic E-state index is 13.7. The highest BCUT2D eigenvalue weighted by atomic mass is 19.1. The van der Waals surface area contributed by atoms with E-state index in [9.17, 15) is 9.18 Å². The predicted octanol–water partition coefficient (Wildman–Crippen LogP) is 3.20. The summed E-state index contributed by atoms with van der Waals surface area (Å²) in [5.41, 5.74) is 0.982. The molecule has 4 nitrogen and oxygen atoms in total. The fraction of sp³-hybridized carbons (Fsp3) is 0.278. The normalized spacial score (nSPS) is 11.7. The van der Waals surface area contributed by atoms with Gasteiger partial charge in [-0.05, 0) is 37.1 Å². The van der Waals surface area contributed by atoms with Crippen LogP contribution in [-0.2, 0) is 6.42 Å². The average Bonchev–Trinajstić information content (AvgIpc) is 2.56. The van der Waals surface area contributed by atoms with Crippen LogP contribution in [0.5, 0.6) is 11.5 Å². The van der Waals surface area contributed by atoms with E-state index in [2.05, 4.69) is 5.32 Å². The van der Waals surface area contributed by atoms with Crippen molar-refractivity contribution in [1.82, 2.24) is 5.32 Å². The Morgan fingerprint density at radius 2 is 1.91 bits per heavy atom. The van der Waals surface area contributed by atoms with Crippen molar-refractivity contribution in [2.24, 2.45) is 0 Å². The lowest BCUT2D eigenvalue weighted by molar-refractivity contribution is 0.0937. The summed E-state index contributed by atoms with van der Waals surface area (Å²) in [7, 11) is 3.04. The molecule has 0 saturated carbocycles. The number of halogens is 1. The summed E-state index contributed by atoms with van der Waals surface area (Å²) >= 11 is 0. The monoisotopic (exact) mass is 317 g/mol. The molecule has 23 heavy (non-hydrogen) atoms. The zero-order valence-corrected chi connectivity index (χ0v) is 13.4. The van der Waals surface area contributed by atoms with Crippen molar-refractivity contribution in [3.8, 4) is 11.5 Å². The van der Waals surface area contributed by atoms with Gasteiger partial charge >= 0.3 is 0 Å². The third kappa shape index (κ3) is 4.22. The number of carbonyl (C=O) groups excluding carboxylic acids is 1. The van der Waals surface area contributed by atoms with Gasteiger partial charge in [0.05, 0.1) is 19.8 Å². The summed E-state index contributed by atoms with van der Waals surface area (Å²) in [6, 6.07) is 11.3. The summed E-state index contributed by atoms with van der Waals surface area (Å²) in [5.74, 6) is 0.502. The van der Waals surface area contributed by atoms with Crippen molar-refractivity contribution in [2.75, 3.05) is 14.2 Å². The molecule has 2 aromatic carbocycles. The van der Waals surface area contributed by atoms with E-state index in [-0.39, 0.29) is 17.8 Å². The highest BCUT2D eigenvalue weighted by Crippen LogP contribution is 2.24. The number of amides is 1. The number of methoxy groups -OCH3 is 2. The molecular formula is C18H20FNO3. The number of benzene rings is 2. The fourth-order valence-corrected chi connectivity index (χ4v) is 2.33. The lowest BCUT2D eigenvalue weighted by Gasteiger charge is -2.16. The lowest BCUT2D eigenvalue weighted by atomic mass is 10.1. The molecule has 1 N–H and O–H groups in total. The van der Waals surface area contributed by atoms with Crippen LogP contribution in [0, 0.1) is 5.82 Å². The molecule has 0 spiro atoms. The molecule has 0 aromatic heterocycles. The summed E-state index contributed by atoms with van der Waals surface area (Å²) < 4.78 is 24.0. The van der Waals surface area contributed by atoms with E-state index in [0.29, 0.717) is 29.0 Å². The molecule has 1 atom stereocenters. The number of hydrogen-bond acceptors (Lipinski definition) is 3. The lowest BCUT2D eigenvalue weighted by Crippen LogP contribution is -2.34. The molecule has 2 rings (SSSR count). The second-order valence-corrected chi connectivity index (χ2v) is 5.24. The van der Waals surface area contributed by atoms with Crippen LogP contribution in [0.25, 0.3) is 0 Å². The van der Waals surface area contributed by atoms with E-state index in [1.807, 2.05) is 6.92 Å². The Bertz CT molecular complexity index is 688. The SMILES string of the molecule is COc1ccc(C(=O)N[C@@H](C)Cc2ccccc2F)c(OC)c1. The first-order valence-corrected chi connectivity index (χ1v) is 7.31. The molecular weight excluding hydrogens is 297 g/mol. The quantitative estimate of drug-likeness (QED) is 0.890. The van der Waals surface area contributed by atoms with Gasteiger partial charge in [0.2, 0.25) is 0 Å². The molecule has 1 amide bonds. The zero-order valence-electron chi connectivity index (χ0n) is 13.4. The number of carbonyl (C=O) groups is 1. The molecule has 0 aliphatic heterocycles. The van der Waals surface area contributed by atoms with Gasteiger partial charge in [0.15, 0.2) is 0 Å². The predicted molar refractivity (Wildman–Crippen MR) is 86.6 cm³/mol. The average molecular weight is 317 g/mol. The van der Waals surface area contributed by atoms with Crippen LogP contribution in [0.2, 0.25) is 0 Å². The number of rotatable bonds is 6. The van der Waals surface area contributed by atoms with Gasteiger partial charge < -0.3 is 14.8 Å². The van der Waals surface area contributed by atoms with Gasteiger partial charge in [0.1, 0.15) is 17.3 Å². The summed E-state index contributed by atoms with van der Waals surface area (Å²) in [5, 5.41) is 2.86. The first-order valence-electron chi connectivity index (χ1n) is 7.31. The second kappa shape index (κ2) is 7.63. The highest BCUT2D eigenvalue weighted by molar-refractivity contribution is 5.97. The van der Waals surface area contributed by atoms with Gasteiger partial charge in [-0.2, -0.15) is 0 Å². The minimum absolute atomic E-state index is 0.216. The first-order chi connectivity index (χ1) is 11.0. The van der Waals surface area contributed by atoms with Gasteiger partial charge in [0, 0.05) is 12.1 Å². The van der Waals surface area contributed by atoms with Gasteiger partial charge in [-0.25, -0.2) is 4.39 Å². The molecule has 122 valence electrons. The molecule has 0 bridgehead atoms. The molecule has 0 radical (unpaired) electrons. The second-order valence-electron chi connectivity index (χ2n) is 5.24. The van der Waals surface area contributed by atoms with Crippen molar-refractivity contribution in [3.63, 3.8) is 0 Å². The molecule has 0 aliphatic rings. The Morgan fingerprint density at radius 1 is 1.17 bits per heavy atom. The van der Waals surface area contributed by atoms with Gasteiger partial charge in [-0.15, -0.1) is 0 Å². The van der Waals surface area contributed by atoms with Crippen molar-refractivity contribution in [2.45, 2.75) is 19.4 Å². The summed E-state index contributed by atoms with van der Waals surface area (Å²) in [4.78, 5) is 12.4. The van der Waals surface area contributed by atoms with Crippen LogP contribution in [0.3, 0.4) is 0 Å². The van der Waals surface area contributed by atoms with Crippen molar-refractivity contribution in [3.05, 3.63) is 59.4 Å². The van der Waals surface area contributed by atoms with Gasteiger partial charge in [0.25, 0.3) is 5.91 Å². The zero-order chi connectivity index (χ0) is 16.8. The maximum atomic E-state index is 13.7. The van der Waals surface area contributed by atoms with Gasteiger partial charge in [-0.3, -0.25) is 4.79 Å². The van der Waals surface area contributed by atoms with Crippen LogP contribution in [-0.4, -0.2) is 26.2 Å². The Kier molecular flexibility index (Phi) is 5.57. The minimum atomic E-state index is -0.270. The van der Waals surface area contributed by atoms with Crippen LogP contribution < -0.4 is 14.8 Å². The van der Waals surface area contributed by atoms with Crippen molar-refractivity contribution < 1.29 is 18.7 Å². The Morgan fingerprint density at radius 3 is 2.57 bits per heavy atom. The van der Waals surface area contributed by atoms with E-state index in [1.165, 1.54) is 13.2 Å². The molecule has 0 heterocycles. The summed E-state index contributed by atoms with van der Waals surface area (Å²) in [6.45, 7) is 1.83. The molecule has 0 fully saturated rings. The summed E-state index contributed by atoms with van der Waals surface area (Å²) in [6.07, 6.45) is 0.414. The smallest absolute Gasteiger partial charge is 0.255 e. The highest BCUT2D eigenvalue weighted by Gasteiger charge is 2.16.